The summed E-state index contributed by atoms with van der Waals surface area (Å²) in [6, 6.07) is 1.42. The number of hydrogen-bond acceptors (Lipinski definition) is 3. The van der Waals surface area contributed by atoms with Gasteiger partial charge in [0.15, 0.2) is 0 Å². The standard InChI is InChI=1S/C11H13BrN2O4/c1-2-14(4-3-9(15)16)11(18)7-5-8(12)10(17)13-6-7/h5-6H,2-4H2,1H3,(H,13,17)(H,15,16). The molecule has 0 atom stereocenters. The molecule has 7 heteroatoms. The SMILES string of the molecule is CCN(CCC(=O)O)C(=O)c1c[nH]c(=O)c(Br)c1. The van der Waals surface area contributed by atoms with Crippen molar-refractivity contribution in [1.82, 2.24) is 9.88 Å². The molecule has 1 amide bonds. The molecule has 0 fully saturated rings. The Hall–Kier alpha value is -1.63. The topological polar surface area (TPSA) is 90.5 Å². The van der Waals surface area contributed by atoms with Gasteiger partial charge in [0.1, 0.15) is 0 Å². The zero-order valence-corrected chi connectivity index (χ0v) is 11.4. The van der Waals surface area contributed by atoms with Crippen molar-refractivity contribution in [3.8, 4) is 0 Å². The molecule has 0 spiro atoms. The summed E-state index contributed by atoms with van der Waals surface area (Å²) in [7, 11) is 0. The van der Waals surface area contributed by atoms with E-state index in [2.05, 4.69) is 20.9 Å². The lowest BCUT2D eigenvalue weighted by Gasteiger charge is -2.19. The molecule has 1 heterocycles. The molecule has 98 valence electrons. The van der Waals surface area contributed by atoms with E-state index in [0.29, 0.717) is 12.1 Å². The Morgan fingerprint density at radius 1 is 1.50 bits per heavy atom. The van der Waals surface area contributed by atoms with Crippen LogP contribution >= 0.6 is 15.9 Å². The van der Waals surface area contributed by atoms with E-state index in [0.717, 1.165) is 0 Å². The number of carbonyl (C=O) groups is 2. The average molecular weight is 317 g/mol. The highest BCUT2D eigenvalue weighted by atomic mass is 79.9. The quantitative estimate of drug-likeness (QED) is 0.850. The third-order valence-corrected chi connectivity index (χ3v) is 2.96. The minimum Gasteiger partial charge on any atom is -0.481 e. The molecule has 1 rings (SSSR count). The zero-order valence-electron chi connectivity index (χ0n) is 9.77. The van der Waals surface area contributed by atoms with Crippen molar-refractivity contribution in [2.45, 2.75) is 13.3 Å². The highest BCUT2D eigenvalue weighted by molar-refractivity contribution is 9.10. The highest BCUT2D eigenvalue weighted by Crippen LogP contribution is 2.08. The second-order valence-electron chi connectivity index (χ2n) is 3.59. The molecule has 1 aromatic rings. The van der Waals surface area contributed by atoms with Crippen molar-refractivity contribution in [2.75, 3.05) is 13.1 Å². The van der Waals surface area contributed by atoms with Gasteiger partial charge in [-0.3, -0.25) is 14.4 Å². The Balaban J connectivity index is 2.86. The Bertz CT molecular complexity index is 512. The van der Waals surface area contributed by atoms with E-state index < -0.39 is 5.97 Å². The molecule has 6 nitrogen and oxygen atoms in total. The van der Waals surface area contributed by atoms with Crippen LogP contribution in [0.15, 0.2) is 21.5 Å². The van der Waals surface area contributed by atoms with E-state index in [1.807, 2.05) is 0 Å². The summed E-state index contributed by atoms with van der Waals surface area (Å²) in [6.07, 6.45) is 1.21. The Morgan fingerprint density at radius 3 is 2.67 bits per heavy atom. The van der Waals surface area contributed by atoms with Crippen LogP contribution in [0.25, 0.3) is 0 Å². The lowest BCUT2D eigenvalue weighted by Crippen LogP contribution is -2.33. The van der Waals surface area contributed by atoms with Crippen LogP contribution in [-0.2, 0) is 4.79 Å². The summed E-state index contributed by atoms with van der Waals surface area (Å²) >= 11 is 3.04. The number of carboxylic acids is 1. The van der Waals surface area contributed by atoms with Gasteiger partial charge in [-0.05, 0) is 28.9 Å². The summed E-state index contributed by atoms with van der Waals surface area (Å²) in [6.45, 7) is 2.31. The molecule has 2 N–H and O–H groups in total. The molecule has 0 bridgehead atoms. The monoisotopic (exact) mass is 316 g/mol. The van der Waals surface area contributed by atoms with Gasteiger partial charge in [-0.1, -0.05) is 0 Å². The van der Waals surface area contributed by atoms with E-state index >= 15 is 0 Å². The fourth-order valence-electron chi connectivity index (χ4n) is 1.40. The van der Waals surface area contributed by atoms with Crippen molar-refractivity contribution in [3.63, 3.8) is 0 Å². The van der Waals surface area contributed by atoms with Crippen molar-refractivity contribution in [3.05, 3.63) is 32.7 Å². The number of nitrogens with zero attached hydrogens (tertiary/aromatic N) is 1. The molecule has 0 aliphatic carbocycles. The minimum atomic E-state index is -0.955. The van der Waals surface area contributed by atoms with Gasteiger partial charge in [0, 0.05) is 19.3 Å². The second-order valence-corrected chi connectivity index (χ2v) is 4.45. The van der Waals surface area contributed by atoms with Gasteiger partial charge >= 0.3 is 5.97 Å². The number of H-pyrrole nitrogens is 1. The fourth-order valence-corrected chi connectivity index (χ4v) is 1.76. The predicted octanol–water partition coefficient (Wildman–Crippen LogP) is 1.07. The molecule has 0 radical (unpaired) electrons. The highest BCUT2D eigenvalue weighted by Gasteiger charge is 2.16. The third kappa shape index (κ3) is 3.69. The number of carbonyl (C=O) groups excluding carboxylic acids is 1. The number of aliphatic carboxylic acids is 1. The number of hydrogen-bond donors (Lipinski definition) is 2. The van der Waals surface area contributed by atoms with Crippen LogP contribution in [0.2, 0.25) is 0 Å². The molecule has 1 aromatic heterocycles. The number of aromatic amines is 1. The van der Waals surface area contributed by atoms with E-state index in [1.165, 1.54) is 17.2 Å². The van der Waals surface area contributed by atoms with Crippen LogP contribution in [0.5, 0.6) is 0 Å². The summed E-state index contributed by atoms with van der Waals surface area (Å²) in [5.41, 5.74) is -0.00570. The van der Waals surface area contributed by atoms with Crippen molar-refractivity contribution in [1.29, 1.82) is 0 Å². The lowest BCUT2D eigenvalue weighted by atomic mass is 10.2. The first-order valence-electron chi connectivity index (χ1n) is 5.35. The Kier molecular flexibility index (Phi) is 5.08. The van der Waals surface area contributed by atoms with Crippen LogP contribution in [0, 0.1) is 0 Å². The average Bonchev–Trinajstić information content (AvgIpc) is 2.32. The van der Waals surface area contributed by atoms with Crippen LogP contribution in [0.1, 0.15) is 23.7 Å². The van der Waals surface area contributed by atoms with Crippen LogP contribution in [0.4, 0.5) is 0 Å². The van der Waals surface area contributed by atoms with Crippen LogP contribution in [-0.4, -0.2) is 40.0 Å². The fraction of sp³-hybridized carbons (Fsp3) is 0.364. The number of amides is 1. The first kappa shape index (κ1) is 14.4. The Morgan fingerprint density at radius 2 is 2.17 bits per heavy atom. The van der Waals surface area contributed by atoms with E-state index in [-0.39, 0.29) is 28.9 Å². The Labute approximate surface area is 112 Å². The largest absolute Gasteiger partial charge is 0.481 e. The van der Waals surface area contributed by atoms with Gasteiger partial charge in [0.05, 0.1) is 16.5 Å². The van der Waals surface area contributed by atoms with Crippen molar-refractivity contribution < 1.29 is 14.7 Å². The minimum absolute atomic E-state index is 0.107. The summed E-state index contributed by atoms with van der Waals surface area (Å²) in [5.74, 6) is -1.26. The number of rotatable bonds is 5. The maximum atomic E-state index is 12.0. The number of nitrogens with one attached hydrogen (secondary N) is 1. The molecule has 0 aromatic carbocycles. The molecular weight excluding hydrogens is 304 g/mol. The smallest absolute Gasteiger partial charge is 0.305 e. The normalized spacial score (nSPS) is 10.1. The van der Waals surface area contributed by atoms with E-state index in [9.17, 15) is 14.4 Å². The van der Waals surface area contributed by atoms with Crippen LogP contribution < -0.4 is 5.56 Å². The lowest BCUT2D eigenvalue weighted by molar-refractivity contribution is -0.137. The van der Waals surface area contributed by atoms with Gasteiger partial charge < -0.3 is 15.0 Å². The summed E-state index contributed by atoms with van der Waals surface area (Å²) < 4.78 is 0.266. The number of pyridine rings is 1. The van der Waals surface area contributed by atoms with Gasteiger partial charge in [-0.2, -0.15) is 0 Å². The molecular formula is C11H13BrN2O4. The third-order valence-electron chi connectivity index (χ3n) is 2.37. The second kappa shape index (κ2) is 6.34. The molecule has 0 aliphatic heterocycles. The molecule has 0 saturated heterocycles. The molecule has 18 heavy (non-hydrogen) atoms. The number of carboxylic acid groups (broad SMARTS) is 1. The first-order valence-corrected chi connectivity index (χ1v) is 6.14. The molecule has 0 aliphatic rings. The number of aromatic nitrogens is 1. The van der Waals surface area contributed by atoms with Gasteiger partial charge in [-0.15, -0.1) is 0 Å². The molecule has 0 unspecified atom stereocenters. The van der Waals surface area contributed by atoms with Gasteiger partial charge in [-0.25, -0.2) is 0 Å². The maximum Gasteiger partial charge on any atom is 0.305 e. The van der Waals surface area contributed by atoms with E-state index in [1.54, 1.807) is 6.92 Å². The van der Waals surface area contributed by atoms with Gasteiger partial charge in [0.25, 0.3) is 11.5 Å². The summed E-state index contributed by atoms with van der Waals surface area (Å²) in [5, 5.41) is 8.60. The van der Waals surface area contributed by atoms with Crippen molar-refractivity contribution in [2.24, 2.45) is 0 Å². The van der Waals surface area contributed by atoms with Crippen LogP contribution in [0.3, 0.4) is 0 Å². The molecule has 0 saturated carbocycles. The van der Waals surface area contributed by atoms with Gasteiger partial charge in [0.2, 0.25) is 0 Å². The number of halogens is 1. The van der Waals surface area contributed by atoms with Crippen molar-refractivity contribution >= 4 is 27.8 Å². The first-order chi connectivity index (χ1) is 8.45. The predicted molar refractivity (Wildman–Crippen MR) is 68.6 cm³/mol. The maximum absolute atomic E-state index is 12.0. The zero-order chi connectivity index (χ0) is 13.7. The summed E-state index contributed by atoms with van der Waals surface area (Å²) in [4.78, 5) is 37.5. The van der Waals surface area contributed by atoms with E-state index in [4.69, 9.17) is 5.11 Å².